The van der Waals surface area contributed by atoms with Crippen LogP contribution in [-0.2, 0) is 11.2 Å². The first-order valence-corrected chi connectivity index (χ1v) is 7.52. The lowest BCUT2D eigenvalue weighted by atomic mass is 9.91. The number of hydrogen-bond acceptors (Lipinski definition) is 4. The molecule has 1 heterocycles. The molecular formula is C15H16N2O2S. The normalized spacial score (nSPS) is 17.6. The first-order chi connectivity index (χ1) is 9.65. The summed E-state index contributed by atoms with van der Waals surface area (Å²) in [5, 5.41) is 13.4. The number of aliphatic carboxylic acids is 1. The van der Waals surface area contributed by atoms with Crippen molar-refractivity contribution >= 4 is 28.1 Å². The number of carboxylic acid groups (broad SMARTS) is 1. The predicted octanol–water partition coefficient (Wildman–Crippen LogP) is 3.70. The van der Waals surface area contributed by atoms with E-state index in [1.54, 1.807) is 11.3 Å². The zero-order chi connectivity index (χ0) is 14.1. The number of benzene rings is 1. The summed E-state index contributed by atoms with van der Waals surface area (Å²) in [6.07, 6.45) is 2.55. The average Bonchev–Trinajstić information content (AvgIpc) is 2.83. The maximum absolute atomic E-state index is 11.3. The highest BCUT2D eigenvalue weighted by Crippen LogP contribution is 2.37. The maximum atomic E-state index is 11.3. The van der Waals surface area contributed by atoms with Crippen LogP contribution in [0.3, 0.4) is 0 Å². The SMILES string of the molecule is Cc1ccccc1Nc1nc2c(s1)CCCC2C(=O)O. The van der Waals surface area contributed by atoms with Crippen molar-refractivity contribution in [3.05, 3.63) is 40.4 Å². The van der Waals surface area contributed by atoms with Crippen molar-refractivity contribution in [1.82, 2.24) is 4.98 Å². The third-order valence-corrected chi connectivity index (χ3v) is 4.69. The average molecular weight is 288 g/mol. The van der Waals surface area contributed by atoms with Gasteiger partial charge >= 0.3 is 5.97 Å². The van der Waals surface area contributed by atoms with Crippen LogP contribution < -0.4 is 5.32 Å². The lowest BCUT2D eigenvalue weighted by molar-refractivity contribution is -0.139. The van der Waals surface area contributed by atoms with Crippen molar-refractivity contribution in [2.45, 2.75) is 32.1 Å². The van der Waals surface area contributed by atoms with Crippen LogP contribution in [0, 0.1) is 6.92 Å². The second-order valence-electron chi connectivity index (χ2n) is 5.05. The number of aromatic nitrogens is 1. The Morgan fingerprint density at radius 3 is 3.00 bits per heavy atom. The minimum absolute atomic E-state index is 0.442. The lowest BCUT2D eigenvalue weighted by Gasteiger charge is -2.16. The van der Waals surface area contributed by atoms with Gasteiger partial charge in [0.25, 0.3) is 0 Å². The van der Waals surface area contributed by atoms with Gasteiger partial charge in [-0.05, 0) is 37.8 Å². The second kappa shape index (κ2) is 5.25. The molecule has 1 aromatic heterocycles. The number of anilines is 2. The number of aryl methyl sites for hydroxylation is 2. The Hall–Kier alpha value is -1.88. The van der Waals surface area contributed by atoms with Crippen molar-refractivity contribution in [2.75, 3.05) is 5.32 Å². The molecule has 0 amide bonds. The third kappa shape index (κ3) is 2.41. The van der Waals surface area contributed by atoms with Gasteiger partial charge in [-0.1, -0.05) is 18.2 Å². The van der Waals surface area contributed by atoms with Crippen molar-refractivity contribution in [3.8, 4) is 0 Å². The standard InChI is InChI=1S/C15H16N2O2S/c1-9-5-2-3-7-11(9)16-15-17-13-10(14(18)19)6-4-8-12(13)20-15/h2-3,5,7,10H,4,6,8H2,1H3,(H,16,17)(H,18,19). The van der Waals surface area contributed by atoms with Crippen LogP contribution in [0.1, 0.15) is 34.9 Å². The van der Waals surface area contributed by atoms with Crippen LogP contribution in [0.4, 0.5) is 10.8 Å². The largest absolute Gasteiger partial charge is 0.481 e. The zero-order valence-electron chi connectivity index (χ0n) is 11.2. The topological polar surface area (TPSA) is 62.2 Å². The highest BCUT2D eigenvalue weighted by atomic mass is 32.1. The van der Waals surface area contributed by atoms with Crippen LogP contribution >= 0.6 is 11.3 Å². The number of nitrogens with one attached hydrogen (secondary N) is 1. The summed E-state index contributed by atoms with van der Waals surface area (Å²) in [7, 11) is 0. The molecule has 20 heavy (non-hydrogen) atoms. The molecule has 1 unspecified atom stereocenters. The van der Waals surface area contributed by atoms with E-state index in [0.717, 1.165) is 39.8 Å². The Kier molecular flexibility index (Phi) is 3.44. The molecule has 2 aromatic rings. The van der Waals surface area contributed by atoms with E-state index in [4.69, 9.17) is 0 Å². The Bertz CT molecular complexity index is 651. The van der Waals surface area contributed by atoms with Crippen molar-refractivity contribution < 1.29 is 9.90 Å². The van der Waals surface area contributed by atoms with E-state index in [-0.39, 0.29) is 0 Å². The molecule has 1 aliphatic carbocycles. The molecule has 0 radical (unpaired) electrons. The number of carboxylic acids is 1. The molecule has 1 aliphatic rings. The molecule has 5 heteroatoms. The van der Waals surface area contributed by atoms with Crippen LogP contribution in [0.15, 0.2) is 24.3 Å². The van der Waals surface area contributed by atoms with E-state index < -0.39 is 11.9 Å². The van der Waals surface area contributed by atoms with Gasteiger partial charge in [-0.2, -0.15) is 0 Å². The highest BCUT2D eigenvalue weighted by Gasteiger charge is 2.29. The first kappa shape index (κ1) is 13.1. The fourth-order valence-electron chi connectivity index (χ4n) is 2.54. The van der Waals surface area contributed by atoms with Gasteiger partial charge in [0.1, 0.15) is 5.92 Å². The Morgan fingerprint density at radius 2 is 2.25 bits per heavy atom. The Morgan fingerprint density at radius 1 is 1.45 bits per heavy atom. The predicted molar refractivity (Wildman–Crippen MR) is 79.9 cm³/mol. The van der Waals surface area contributed by atoms with Crippen LogP contribution in [-0.4, -0.2) is 16.1 Å². The first-order valence-electron chi connectivity index (χ1n) is 6.70. The number of fused-ring (bicyclic) bond motifs is 1. The minimum atomic E-state index is -0.765. The smallest absolute Gasteiger partial charge is 0.312 e. The summed E-state index contributed by atoms with van der Waals surface area (Å²) < 4.78 is 0. The number of rotatable bonds is 3. The summed E-state index contributed by atoms with van der Waals surface area (Å²) >= 11 is 1.57. The molecular weight excluding hydrogens is 272 g/mol. The number of nitrogens with zero attached hydrogens (tertiary/aromatic N) is 1. The van der Waals surface area contributed by atoms with Crippen molar-refractivity contribution in [2.24, 2.45) is 0 Å². The van der Waals surface area contributed by atoms with Crippen molar-refractivity contribution in [3.63, 3.8) is 0 Å². The number of carbonyl (C=O) groups is 1. The second-order valence-corrected chi connectivity index (χ2v) is 6.13. The highest BCUT2D eigenvalue weighted by molar-refractivity contribution is 7.15. The van der Waals surface area contributed by atoms with E-state index in [9.17, 15) is 9.90 Å². The summed E-state index contributed by atoms with van der Waals surface area (Å²) in [6.45, 7) is 2.04. The van der Waals surface area contributed by atoms with Gasteiger partial charge in [-0.25, -0.2) is 4.98 Å². The van der Waals surface area contributed by atoms with Gasteiger partial charge in [0.05, 0.1) is 5.69 Å². The number of thiazole rings is 1. The third-order valence-electron chi connectivity index (χ3n) is 3.64. The molecule has 2 N–H and O–H groups in total. The quantitative estimate of drug-likeness (QED) is 0.904. The Balaban J connectivity index is 1.90. The van der Waals surface area contributed by atoms with E-state index in [1.165, 1.54) is 0 Å². The summed E-state index contributed by atoms with van der Waals surface area (Å²) in [5.41, 5.74) is 2.92. The molecule has 1 atom stereocenters. The van der Waals surface area contributed by atoms with E-state index in [1.807, 2.05) is 31.2 Å². The Labute approximate surface area is 121 Å². The molecule has 0 bridgehead atoms. The van der Waals surface area contributed by atoms with Gasteiger partial charge in [0, 0.05) is 10.6 Å². The van der Waals surface area contributed by atoms with Crippen LogP contribution in [0.25, 0.3) is 0 Å². The van der Waals surface area contributed by atoms with E-state index in [0.29, 0.717) is 6.42 Å². The molecule has 0 aliphatic heterocycles. The van der Waals surface area contributed by atoms with Gasteiger partial charge in [-0.3, -0.25) is 4.79 Å². The van der Waals surface area contributed by atoms with E-state index >= 15 is 0 Å². The van der Waals surface area contributed by atoms with Crippen LogP contribution in [0.5, 0.6) is 0 Å². The van der Waals surface area contributed by atoms with Gasteiger partial charge in [0.15, 0.2) is 5.13 Å². The number of hydrogen-bond donors (Lipinski definition) is 2. The molecule has 0 fully saturated rings. The molecule has 0 saturated heterocycles. The summed E-state index contributed by atoms with van der Waals surface area (Å²) in [6, 6.07) is 8.01. The van der Waals surface area contributed by atoms with Gasteiger partial charge in [-0.15, -0.1) is 11.3 Å². The molecule has 3 rings (SSSR count). The van der Waals surface area contributed by atoms with E-state index in [2.05, 4.69) is 10.3 Å². The molecule has 0 saturated carbocycles. The monoisotopic (exact) mass is 288 g/mol. The summed E-state index contributed by atoms with van der Waals surface area (Å²) in [4.78, 5) is 16.9. The molecule has 1 aromatic carbocycles. The molecule has 0 spiro atoms. The maximum Gasteiger partial charge on any atom is 0.312 e. The fraction of sp³-hybridized carbons (Fsp3) is 0.333. The van der Waals surface area contributed by atoms with Gasteiger partial charge < -0.3 is 10.4 Å². The summed E-state index contributed by atoms with van der Waals surface area (Å²) in [5.74, 6) is -1.21. The van der Waals surface area contributed by atoms with Gasteiger partial charge in [0.2, 0.25) is 0 Å². The lowest BCUT2D eigenvalue weighted by Crippen LogP contribution is -2.17. The molecule has 4 nitrogen and oxygen atoms in total. The fourth-order valence-corrected chi connectivity index (χ4v) is 3.62. The van der Waals surface area contributed by atoms with Crippen LogP contribution in [0.2, 0.25) is 0 Å². The minimum Gasteiger partial charge on any atom is -0.481 e. The number of para-hydroxylation sites is 1. The zero-order valence-corrected chi connectivity index (χ0v) is 12.0. The molecule has 104 valence electrons. The van der Waals surface area contributed by atoms with Crippen molar-refractivity contribution in [1.29, 1.82) is 0 Å².